The Balaban J connectivity index is 2.75. The Kier molecular flexibility index (Phi) is 2.05. The van der Waals surface area contributed by atoms with E-state index in [1.54, 1.807) is 30.0 Å². The van der Waals surface area contributed by atoms with Crippen LogP contribution in [0.3, 0.4) is 0 Å². The number of imidazole rings is 1. The van der Waals surface area contributed by atoms with E-state index in [1.807, 2.05) is 0 Å². The summed E-state index contributed by atoms with van der Waals surface area (Å²) in [6.45, 7) is 1.70. The molecule has 1 atom stereocenters. The van der Waals surface area contributed by atoms with E-state index in [1.165, 1.54) is 0 Å². The molecule has 0 spiro atoms. The van der Waals surface area contributed by atoms with E-state index in [9.17, 15) is 5.11 Å². The lowest BCUT2D eigenvalue weighted by atomic mass is 10.3. The van der Waals surface area contributed by atoms with Crippen molar-refractivity contribution < 1.29 is 5.11 Å². The third-order valence-electron chi connectivity index (χ3n) is 1.84. The highest BCUT2D eigenvalue weighted by Gasteiger charge is 2.09. The number of fused-ring (bicyclic) bond motifs is 1. The first-order valence-corrected chi connectivity index (χ1v) is 4.64. The van der Waals surface area contributed by atoms with E-state index in [2.05, 4.69) is 25.9 Å². The normalized spacial score (nSPS) is 13.5. The summed E-state index contributed by atoms with van der Waals surface area (Å²) in [6, 6.07) is 0. The van der Waals surface area contributed by atoms with Crippen molar-refractivity contribution in [1.82, 2.24) is 14.4 Å². The van der Waals surface area contributed by atoms with Crippen molar-refractivity contribution >= 4 is 21.6 Å². The van der Waals surface area contributed by atoms with Crippen LogP contribution in [0.25, 0.3) is 5.65 Å². The van der Waals surface area contributed by atoms with Crippen LogP contribution in [-0.2, 0) is 0 Å². The molecule has 0 amide bonds. The minimum Gasteiger partial charge on any atom is -0.387 e. The molecule has 0 radical (unpaired) electrons. The molecule has 2 rings (SSSR count). The monoisotopic (exact) mass is 241 g/mol. The topological polar surface area (TPSA) is 50.4 Å². The Hall–Kier alpha value is -0.940. The molecule has 1 unspecified atom stereocenters. The molecular formula is C8H8BrN3O. The van der Waals surface area contributed by atoms with Crippen molar-refractivity contribution in [3.8, 4) is 0 Å². The number of halogens is 1. The third-order valence-corrected chi connectivity index (χ3v) is 2.40. The quantitative estimate of drug-likeness (QED) is 0.825. The van der Waals surface area contributed by atoms with Crippen molar-refractivity contribution in [1.29, 1.82) is 0 Å². The molecule has 0 bridgehead atoms. The van der Waals surface area contributed by atoms with Crippen molar-refractivity contribution in [3.63, 3.8) is 0 Å². The Morgan fingerprint density at radius 2 is 2.31 bits per heavy atom. The summed E-state index contributed by atoms with van der Waals surface area (Å²) in [6.07, 6.45) is 4.42. The SMILES string of the molecule is CC(O)c1cnc2c(Br)cncn12. The maximum atomic E-state index is 9.40. The predicted molar refractivity (Wildman–Crippen MR) is 51.3 cm³/mol. The van der Waals surface area contributed by atoms with Crippen LogP contribution in [0.4, 0.5) is 0 Å². The molecule has 0 aromatic carbocycles. The second kappa shape index (κ2) is 3.08. The predicted octanol–water partition coefficient (Wildman–Crippen LogP) is 1.55. The van der Waals surface area contributed by atoms with Crippen LogP contribution in [0.15, 0.2) is 23.2 Å². The molecule has 13 heavy (non-hydrogen) atoms. The molecule has 2 aromatic heterocycles. The highest BCUT2D eigenvalue weighted by molar-refractivity contribution is 9.10. The van der Waals surface area contributed by atoms with Crippen molar-refractivity contribution in [2.45, 2.75) is 13.0 Å². The second-order valence-electron chi connectivity index (χ2n) is 2.79. The molecule has 2 aromatic rings. The molecule has 0 fully saturated rings. The van der Waals surface area contributed by atoms with Crippen molar-refractivity contribution in [2.75, 3.05) is 0 Å². The zero-order valence-corrected chi connectivity index (χ0v) is 8.56. The fraction of sp³-hybridized carbons (Fsp3) is 0.250. The van der Waals surface area contributed by atoms with E-state index in [0.29, 0.717) is 0 Å². The number of hydrogen-bond donors (Lipinski definition) is 1. The van der Waals surface area contributed by atoms with Gasteiger partial charge in [0.05, 0.1) is 22.5 Å². The number of aromatic nitrogens is 3. The molecule has 0 saturated carbocycles. The van der Waals surface area contributed by atoms with Crippen molar-refractivity contribution in [2.24, 2.45) is 0 Å². The molecule has 68 valence electrons. The van der Waals surface area contributed by atoms with Gasteiger partial charge in [0.1, 0.15) is 6.33 Å². The van der Waals surface area contributed by atoms with Gasteiger partial charge in [-0.15, -0.1) is 0 Å². The fourth-order valence-electron chi connectivity index (χ4n) is 1.20. The summed E-state index contributed by atoms with van der Waals surface area (Å²) in [5.41, 5.74) is 1.51. The zero-order valence-electron chi connectivity index (χ0n) is 6.98. The molecule has 1 N–H and O–H groups in total. The molecule has 5 heteroatoms. The third kappa shape index (κ3) is 1.34. The van der Waals surface area contributed by atoms with Gasteiger partial charge in [0.25, 0.3) is 0 Å². The van der Waals surface area contributed by atoms with E-state index in [-0.39, 0.29) is 0 Å². The fourth-order valence-corrected chi connectivity index (χ4v) is 1.62. The number of aliphatic hydroxyl groups is 1. The molecule has 0 aliphatic heterocycles. The van der Waals surface area contributed by atoms with Crippen LogP contribution < -0.4 is 0 Å². The Morgan fingerprint density at radius 1 is 1.54 bits per heavy atom. The number of hydrogen-bond acceptors (Lipinski definition) is 3. The van der Waals surface area contributed by atoms with Crippen molar-refractivity contribution in [3.05, 3.63) is 28.9 Å². The maximum absolute atomic E-state index is 9.40. The van der Waals surface area contributed by atoms with Crippen LogP contribution in [-0.4, -0.2) is 19.5 Å². The van der Waals surface area contributed by atoms with E-state index >= 15 is 0 Å². The number of aliphatic hydroxyl groups excluding tert-OH is 1. The summed E-state index contributed by atoms with van der Waals surface area (Å²) in [7, 11) is 0. The van der Waals surface area contributed by atoms with Gasteiger partial charge in [-0.3, -0.25) is 4.40 Å². The lowest BCUT2D eigenvalue weighted by Crippen LogP contribution is -1.97. The molecule has 2 heterocycles. The highest BCUT2D eigenvalue weighted by Crippen LogP contribution is 2.19. The minimum atomic E-state index is -0.536. The number of nitrogens with zero attached hydrogens (tertiary/aromatic N) is 3. The lowest BCUT2D eigenvalue weighted by molar-refractivity contribution is 0.193. The van der Waals surface area contributed by atoms with Crippen LogP contribution in [0.5, 0.6) is 0 Å². The smallest absolute Gasteiger partial charge is 0.154 e. The first-order chi connectivity index (χ1) is 6.20. The Labute approximate surface area is 83.4 Å². The average Bonchev–Trinajstić information content (AvgIpc) is 2.48. The van der Waals surface area contributed by atoms with Crippen LogP contribution in [0.2, 0.25) is 0 Å². The van der Waals surface area contributed by atoms with Gasteiger partial charge < -0.3 is 5.11 Å². The summed E-state index contributed by atoms with van der Waals surface area (Å²) < 4.78 is 2.58. The largest absolute Gasteiger partial charge is 0.387 e. The lowest BCUT2D eigenvalue weighted by Gasteiger charge is -2.02. The van der Waals surface area contributed by atoms with Gasteiger partial charge in [-0.1, -0.05) is 0 Å². The summed E-state index contributed by atoms with van der Waals surface area (Å²) in [5, 5.41) is 9.40. The van der Waals surface area contributed by atoms with Gasteiger partial charge >= 0.3 is 0 Å². The first-order valence-electron chi connectivity index (χ1n) is 3.84. The van der Waals surface area contributed by atoms with Gasteiger partial charge in [-0.2, -0.15) is 0 Å². The Morgan fingerprint density at radius 3 is 3.00 bits per heavy atom. The van der Waals surface area contributed by atoms with Gasteiger partial charge in [0.2, 0.25) is 0 Å². The zero-order chi connectivity index (χ0) is 9.42. The summed E-state index contributed by atoms with van der Waals surface area (Å²) >= 11 is 3.33. The van der Waals surface area contributed by atoms with E-state index in [4.69, 9.17) is 0 Å². The molecule has 0 aliphatic rings. The molecular weight excluding hydrogens is 234 g/mol. The van der Waals surface area contributed by atoms with E-state index in [0.717, 1.165) is 15.8 Å². The van der Waals surface area contributed by atoms with Crippen LogP contribution in [0.1, 0.15) is 18.7 Å². The maximum Gasteiger partial charge on any atom is 0.154 e. The summed E-state index contributed by atoms with van der Waals surface area (Å²) in [5.74, 6) is 0. The second-order valence-corrected chi connectivity index (χ2v) is 3.65. The van der Waals surface area contributed by atoms with Gasteiger partial charge in [-0.25, -0.2) is 9.97 Å². The van der Waals surface area contributed by atoms with Crippen LogP contribution in [0, 0.1) is 0 Å². The van der Waals surface area contributed by atoms with Crippen LogP contribution >= 0.6 is 15.9 Å². The highest BCUT2D eigenvalue weighted by atomic mass is 79.9. The molecule has 0 saturated heterocycles. The van der Waals surface area contributed by atoms with Gasteiger partial charge in [0.15, 0.2) is 5.65 Å². The van der Waals surface area contributed by atoms with E-state index < -0.39 is 6.10 Å². The standard InChI is InChI=1S/C8H8BrN3O/c1-5(13)7-3-11-8-6(9)2-10-4-12(7)8/h2-5,13H,1H3. The molecule has 0 aliphatic carbocycles. The molecule has 4 nitrogen and oxygen atoms in total. The number of rotatable bonds is 1. The Bertz CT molecular complexity index is 438. The minimum absolute atomic E-state index is 0.536. The first kappa shape index (κ1) is 8.65. The van der Waals surface area contributed by atoms with Gasteiger partial charge in [0, 0.05) is 6.20 Å². The average molecular weight is 242 g/mol. The van der Waals surface area contributed by atoms with Gasteiger partial charge in [-0.05, 0) is 22.9 Å². The summed E-state index contributed by atoms with van der Waals surface area (Å²) in [4.78, 5) is 8.15.